The van der Waals surface area contributed by atoms with E-state index in [-0.39, 0.29) is 5.78 Å². The van der Waals surface area contributed by atoms with Gasteiger partial charge in [-0.3, -0.25) is 4.79 Å². The van der Waals surface area contributed by atoms with Gasteiger partial charge in [0.05, 0.1) is 0 Å². The molecule has 0 aromatic heterocycles. The van der Waals surface area contributed by atoms with Gasteiger partial charge in [0.2, 0.25) is 0 Å². The third-order valence-electron chi connectivity index (χ3n) is 4.58. The van der Waals surface area contributed by atoms with Crippen molar-refractivity contribution in [3.8, 4) is 0 Å². The lowest BCUT2D eigenvalue weighted by molar-refractivity contribution is 0.0993. The molecule has 0 amide bonds. The lowest BCUT2D eigenvalue weighted by Crippen LogP contribution is -2.04. The molecule has 0 fully saturated rings. The first-order chi connectivity index (χ1) is 12.3. The molecule has 0 aliphatic carbocycles. The molecular formula is C23H18OS. The quantitative estimate of drug-likeness (QED) is 0.252. The predicted octanol–water partition coefficient (Wildman–Crippen LogP) is 6.14. The van der Waals surface area contributed by atoms with E-state index in [4.69, 9.17) is 0 Å². The maximum Gasteiger partial charge on any atom is 0.167 e. The first-order valence-corrected chi connectivity index (χ1v) is 9.56. The lowest BCUT2D eigenvalue weighted by atomic mass is 9.95. The number of hydrogen-bond donors (Lipinski definition) is 0. The molecule has 1 nitrogen and oxygen atoms in total. The van der Waals surface area contributed by atoms with Gasteiger partial charge in [-0.05, 0) is 39.4 Å². The van der Waals surface area contributed by atoms with Gasteiger partial charge >= 0.3 is 0 Å². The van der Waals surface area contributed by atoms with Crippen LogP contribution in [0.5, 0.6) is 0 Å². The molecule has 0 aliphatic heterocycles. The molecule has 4 aromatic rings. The maximum atomic E-state index is 12.7. The number of carbonyl (C=O) groups excluding carboxylic acids is 1. The highest BCUT2D eigenvalue weighted by Gasteiger charge is 2.14. The van der Waals surface area contributed by atoms with Gasteiger partial charge in [-0.2, -0.15) is 0 Å². The molecule has 0 heterocycles. The Morgan fingerprint density at radius 3 is 2.36 bits per heavy atom. The van der Waals surface area contributed by atoms with Gasteiger partial charge in [0.1, 0.15) is 0 Å². The first kappa shape index (κ1) is 15.9. The summed E-state index contributed by atoms with van der Waals surface area (Å²) in [5, 5.41) is 4.90. The molecule has 0 spiro atoms. The van der Waals surface area contributed by atoms with E-state index in [1.165, 1.54) is 26.4 Å². The summed E-state index contributed by atoms with van der Waals surface area (Å²) >= 11 is 1.75. The monoisotopic (exact) mass is 342 g/mol. The fourth-order valence-corrected chi connectivity index (χ4v) is 4.27. The van der Waals surface area contributed by atoms with E-state index in [0.29, 0.717) is 6.42 Å². The van der Waals surface area contributed by atoms with Crippen molar-refractivity contribution in [3.05, 3.63) is 90.0 Å². The molecule has 0 saturated carbocycles. The van der Waals surface area contributed by atoms with Gasteiger partial charge in [-0.15, -0.1) is 11.8 Å². The van der Waals surface area contributed by atoms with E-state index in [2.05, 4.69) is 54.8 Å². The zero-order valence-corrected chi connectivity index (χ0v) is 14.8. The molecule has 0 N–H and O–H groups in total. The van der Waals surface area contributed by atoms with Crippen LogP contribution in [-0.4, -0.2) is 12.0 Å². The number of thioether (sulfide) groups is 1. The summed E-state index contributed by atoms with van der Waals surface area (Å²) in [5.74, 6) is 0.160. The molecule has 0 atom stereocenters. The van der Waals surface area contributed by atoms with Gasteiger partial charge in [-0.25, -0.2) is 0 Å². The van der Waals surface area contributed by atoms with Crippen molar-refractivity contribution in [1.82, 2.24) is 0 Å². The summed E-state index contributed by atoms with van der Waals surface area (Å²) in [6.45, 7) is 0. The summed E-state index contributed by atoms with van der Waals surface area (Å²) in [6, 6.07) is 26.5. The third kappa shape index (κ3) is 2.94. The van der Waals surface area contributed by atoms with Crippen molar-refractivity contribution in [2.24, 2.45) is 0 Å². The van der Waals surface area contributed by atoms with E-state index in [1.54, 1.807) is 11.8 Å². The topological polar surface area (TPSA) is 17.1 Å². The van der Waals surface area contributed by atoms with Crippen LogP contribution in [0.4, 0.5) is 0 Å². The van der Waals surface area contributed by atoms with Gasteiger partial charge in [0.15, 0.2) is 5.78 Å². The van der Waals surface area contributed by atoms with Crippen LogP contribution >= 0.6 is 11.8 Å². The van der Waals surface area contributed by atoms with Crippen molar-refractivity contribution in [1.29, 1.82) is 0 Å². The number of ketones is 1. The smallest absolute Gasteiger partial charge is 0.167 e. The van der Waals surface area contributed by atoms with Crippen LogP contribution < -0.4 is 0 Å². The van der Waals surface area contributed by atoms with Gasteiger partial charge in [0, 0.05) is 16.9 Å². The number of hydrogen-bond acceptors (Lipinski definition) is 2. The number of benzene rings is 4. The molecule has 0 radical (unpaired) electrons. The largest absolute Gasteiger partial charge is 0.294 e. The molecule has 122 valence electrons. The maximum absolute atomic E-state index is 12.7. The Hall–Kier alpha value is -2.58. The fourth-order valence-electron chi connectivity index (χ4n) is 3.41. The number of fused-ring (bicyclic) bond motifs is 2. The lowest BCUT2D eigenvalue weighted by Gasteiger charge is -2.13. The summed E-state index contributed by atoms with van der Waals surface area (Å²) in [5.41, 5.74) is 1.87. The van der Waals surface area contributed by atoms with Crippen LogP contribution in [0.15, 0.2) is 83.8 Å². The number of rotatable bonds is 4. The van der Waals surface area contributed by atoms with Crippen LogP contribution in [0, 0.1) is 0 Å². The standard InChI is InChI=1S/C23H18OS/c1-25-23-20-13-6-5-10-17(20)14-18-11-7-12-19(22(18)23)15-21(24)16-8-3-2-4-9-16/h2-14H,15H2,1H3. The average Bonchev–Trinajstić information content (AvgIpc) is 2.67. The molecular weight excluding hydrogens is 324 g/mol. The van der Waals surface area contributed by atoms with Crippen LogP contribution in [0.25, 0.3) is 21.5 Å². The SMILES string of the molecule is CSc1c2ccccc2cc2cccc(CC(=O)c3ccccc3)c12. The summed E-state index contributed by atoms with van der Waals surface area (Å²) in [4.78, 5) is 14.0. The Morgan fingerprint density at radius 2 is 1.56 bits per heavy atom. The van der Waals surface area contributed by atoms with Gasteiger partial charge < -0.3 is 0 Å². The Balaban J connectivity index is 1.90. The highest BCUT2D eigenvalue weighted by Crippen LogP contribution is 2.36. The van der Waals surface area contributed by atoms with E-state index in [1.807, 2.05) is 30.3 Å². The van der Waals surface area contributed by atoms with E-state index >= 15 is 0 Å². The number of carbonyl (C=O) groups is 1. The first-order valence-electron chi connectivity index (χ1n) is 8.33. The zero-order chi connectivity index (χ0) is 17.2. The molecule has 0 aliphatic rings. The third-order valence-corrected chi connectivity index (χ3v) is 5.41. The molecule has 0 unspecified atom stereocenters. The Morgan fingerprint density at radius 1 is 0.840 bits per heavy atom. The number of Topliss-reactive ketones (excluding diaryl/α,β-unsaturated/α-hetero) is 1. The molecule has 4 aromatic carbocycles. The molecule has 4 rings (SSSR count). The highest BCUT2D eigenvalue weighted by molar-refractivity contribution is 7.99. The predicted molar refractivity (Wildman–Crippen MR) is 108 cm³/mol. The van der Waals surface area contributed by atoms with Crippen LogP contribution in [0.1, 0.15) is 15.9 Å². The summed E-state index contributed by atoms with van der Waals surface area (Å²) in [7, 11) is 0. The van der Waals surface area contributed by atoms with Crippen LogP contribution in [-0.2, 0) is 6.42 Å². The Kier molecular flexibility index (Phi) is 4.29. The Labute approximate surface area is 151 Å². The average molecular weight is 342 g/mol. The minimum absolute atomic E-state index is 0.160. The van der Waals surface area contributed by atoms with Gasteiger partial charge in [-0.1, -0.05) is 72.8 Å². The van der Waals surface area contributed by atoms with Gasteiger partial charge in [0.25, 0.3) is 0 Å². The zero-order valence-electron chi connectivity index (χ0n) is 14.0. The molecule has 25 heavy (non-hydrogen) atoms. The second-order valence-corrected chi connectivity index (χ2v) is 6.93. The highest BCUT2D eigenvalue weighted by atomic mass is 32.2. The molecule has 0 bridgehead atoms. The van der Waals surface area contributed by atoms with E-state index in [0.717, 1.165) is 11.1 Å². The van der Waals surface area contributed by atoms with E-state index < -0.39 is 0 Å². The molecule has 2 heteroatoms. The van der Waals surface area contributed by atoms with Crippen molar-refractivity contribution < 1.29 is 4.79 Å². The summed E-state index contributed by atoms with van der Waals surface area (Å²) in [6.07, 6.45) is 2.53. The second-order valence-electron chi connectivity index (χ2n) is 6.11. The van der Waals surface area contributed by atoms with Crippen molar-refractivity contribution >= 4 is 39.1 Å². The fraction of sp³-hybridized carbons (Fsp3) is 0.0870. The summed E-state index contributed by atoms with van der Waals surface area (Å²) < 4.78 is 0. The van der Waals surface area contributed by atoms with Crippen molar-refractivity contribution in [3.63, 3.8) is 0 Å². The van der Waals surface area contributed by atoms with Crippen molar-refractivity contribution in [2.45, 2.75) is 11.3 Å². The second kappa shape index (κ2) is 6.73. The minimum atomic E-state index is 0.160. The normalized spacial score (nSPS) is 11.1. The van der Waals surface area contributed by atoms with Crippen molar-refractivity contribution in [2.75, 3.05) is 6.26 Å². The molecule has 0 saturated heterocycles. The van der Waals surface area contributed by atoms with Crippen LogP contribution in [0.3, 0.4) is 0 Å². The Bertz CT molecular complexity index is 1070. The van der Waals surface area contributed by atoms with Crippen LogP contribution in [0.2, 0.25) is 0 Å². The minimum Gasteiger partial charge on any atom is -0.294 e. The van der Waals surface area contributed by atoms with E-state index in [9.17, 15) is 4.79 Å².